The van der Waals surface area contributed by atoms with E-state index in [1.807, 2.05) is 13.8 Å². The second-order valence-electron chi connectivity index (χ2n) is 3.54. The summed E-state index contributed by atoms with van der Waals surface area (Å²) in [5, 5.41) is 9.18. The first-order valence-corrected chi connectivity index (χ1v) is 5.41. The number of hydrogen-bond acceptors (Lipinski definition) is 2. The smallest absolute Gasteiger partial charge is 0.268 e. The molecule has 0 saturated heterocycles. The van der Waals surface area contributed by atoms with Crippen LogP contribution in [0.3, 0.4) is 0 Å². The molecular weight excluding hydrogens is 212 g/mol. The summed E-state index contributed by atoms with van der Waals surface area (Å²) >= 11 is 0. The maximum Gasteiger partial charge on any atom is 0.268 e. The van der Waals surface area contributed by atoms with E-state index in [1.54, 1.807) is 24.3 Å². The topological polar surface area (TPSA) is 23.5 Å². The SMILES string of the molecule is CCN(CC)c1ccc(C(O)C(F)F)cc1. The molecule has 0 fully saturated rings. The van der Waals surface area contributed by atoms with Crippen LogP contribution in [0.15, 0.2) is 24.3 Å². The molecule has 0 radical (unpaired) electrons. The highest BCUT2D eigenvalue weighted by atomic mass is 19.3. The summed E-state index contributed by atoms with van der Waals surface area (Å²) in [6.07, 6.45) is -4.43. The van der Waals surface area contributed by atoms with Gasteiger partial charge in [-0.15, -0.1) is 0 Å². The molecule has 1 aromatic rings. The van der Waals surface area contributed by atoms with Gasteiger partial charge in [0.2, 0.25) is 0 Å². The van der Waals surface area contributed by atoms with E-state index in [1.165, 1.54) is 0 Å². The largest absolute Gasteiger partial charge is 0.382 e. The van der Waals surface area contributed by atoms with Crippen molar-refractivity contribution in [1.82, 2.24) is 0 Å². The molecule has 0 saturated carbocycles. The summed E-state index contributed by atoms with van der Waals surface area (Å²) in [5.74, 6) is 0. The van der Waals surface area contributed by atoms with Gasteiger partial charge in [-0.25, -0.2) is 8.78 Å². The quantitative estimate of drug-likeness (QED) is 0.839. The second-order valence-corrected chi connectivity index (χ2v) is 3.54. The highest BCUT2D eigenvalue weighted by Gasteiger charge is 2.18. The molecule has 1 N–H and O–H groups in total. The summed E-state index contributed by atoms with van der Waals surface area (Å²) < 4.78 is 24.5. The molecule has 0 aliphatic carbocycles. The zero-order valence-corrected chi connectivity index (χ0v) is 9.53. The Morgan fingerprint density at radius 3 is 2.00 bits per heavy atom. The average Bonchev–Trinajstić information content (AvgIpc) is 2.30. The van der Waals surface area contributed by atoms with Crippen molar-refractivity contribution in [3.8, 4) is 0 Å². The molecule has 2 nitrogen and oxygen atoms in total. The zero-order chi connectivity index (χ0) is 12.1. The Morgan fingerprint density at radius 1 is 1.12 bits per heavy atom. The molecule has 1 rings (SSSR count). The Hall–Kier alpha value is -1.16. The zero-order valence-electron chi connectivity index (χ0n) is 9.53. The summed E-state index contributed by atoms with van der Waals surface area (Å²) in [6, 6.07) is 6.61. The van der Waals surface area contributed by atoms with Crippen molar-refractivity contribution in [3.63, 3.8) is 0 Å². The molecule has 1 atom stereocenters. The lowest BCUT2D eigenvalue weighted by atomic mass is 10.1. The molecule has 0 spiro atoms. The number of nitrogens with zero attached hydrogens (tertiary/aromatic N) is 1. The predicted octanol–water partition coefficient (Wildman–Crippen LogP) is 2.83. The van der Waals surface area contributed by atoms with E-state index in [9.17, 15) is 13.9 Å². The molecule has 90 valence electrons. The molecule has 0 heterocycles. The van der Waals surface area contributed by atoms with Crippen molar-refractivity contribution in [2.75, 3.05) is 18.0 Å². The third-order valence-corrected chi connectivity index (χ3v) is 2.60. The minimum Gasteiger partial charge on any atom is -0.382 e. The van der Waals surface area contributed by atoms with Crippen LogP contribution in [0, 0.1) is 0 Å². The minimum atomic E-state index is -2.74. The fourth-order valence-electron chi connectivity index (χ4n) is 1.62. The minimum absolute atomic E-state index is 0.255. The third-order valence-electron chi connectivity index (χ3n) is 2.60. The second kappa shape index (κ2) is 5.80. The van der Waals surface area contributed by atoms with Crippen LogP contribution in [0.1, 0.15) is 25.5 Å². The molecule has 1 aromatic carbocycles. The first kappa shape index (κ1) is 12.9. The van der Waals surface area contributed by atoms with Gasteiger partial charge in [-0.05, 0) is 31.5 Å². The Balaban J connectivity index is 2.82. The van der Waals surface area contributed by atoms with Gasteiger partial charge in [0.15, 0.2) is 0 Å². The Bertz CT molecular complexity index is 288. The molecule has 1 unspecified atom stereocenters. The number of alkyl halides is 2. The lowest BCUT2D eigenvalue weighted by molar-refractivity contribution is -0.00577. The van der Waals surface area contributed by atoms with Crippen LogP contribution in [0.25, 0.3) is 0 Å². The number of anilines is 1. The number of halogens is 2. The maximum absolute atomic E-state index is 12.2. The number of hydrogen-bond donors (Lipinski definition) is 1. The van der Waals surface area contributed by atoms with Crippen LogP contribution in [0.5, 0.6) is 0 Å². The van der Waals surface area contributed by atoms with E-state index in [2.05, 4.69) is 4.90 Å². The van der Waals surface area contributed by atoms with Gasteiger partial charge in [0.05, 0.1) is 0 Å². The monoisotopic (exact) mass is 229 g/mol. The molecule has 0 amide bonds. The van der Waals surface area contributed by atoms with Gasteiger partial charge in [0.1, 0.15) is 6.10 Å². The molecule has 0 bridgehead atoms. The molecule has 0 aliphatic heterocycles. The summed E-state index contributed by atoms with van der Waals surface area (Å²) in [7, 11) is 0. The molecular formula is C12H17F2NO. The predicted molar refractivity (Wildman–Crippen MR) is 61.0 cm³/mol. The van der Waals surface area contributed by atoms with Gasteiger partial charge in [-0.3, -0.25) is 0 Å². The first-order valence-electron chi connectivity index (χ1n) is 5.41. The van der Waals surface area contributed by atoms with Crippen LogP contribution >= 0.6 is 0 Å². The van der Waals surface area contributed by atoms with Crippen molar-refractivity contribution in [2.45, 2.75) is 26.4 Å². The lowest BCUT2D eigenvalue weighted by Crippen LogP contribution is -2.21. The van der Waals surface area contributed by atoms with Gasteiger partial charge in [0.25, 0.3) is 6.43 Å². The van der Waals surface area contributed by atoms with E-state index in [-0.39, 0.29) is 5.56 Å². The van der Waals surface area contributed by atoms with Gasteiger partial charge in [-0.2, -0.15) is 0 Å². The van der Waals surface area contributed by atoms with E-state index in [4.69, 9.17) is 0 Å². The van der Waals surface area contributed by atoms with Crippen LogP contribution in [0.2, 0.25) is 0 Å². The van der Waals surface area contributed by atoms with E-state index in [0.29, 0.717) is 0 Å². The fourth-order valence-corrected chi connectivity index (χ4v) is 1.62. The molecule has 0 aromatic heterocycles. The average molecular weight is 229 g/mol. The third kappa shape index (κ3) is 2.92. The summed E-state index contributed by atoms with van der Waals surface area (Å²) in [4.78, 5) is 2.11. The number of rotatable bonds is 5. The highest BCUT2D eigenvalue weighted by Crippen LogP contribution is 2.23. The van der Waals surface area contributed by atoms with Gasteiger partial charge < -0.3 is 10.0 Å². The van der Waals surface area contributed by atoms with E-state index < -0.39 is 12.5 Å². The van der Waals surface area contributed by atoms with Crippen LogP contribution in [0.4, 0.5) is 14.5 Å². The van der Waals surface area contributed by atoms with Gasteiger partial charge in [0, 0.05) is 18.8 Å². The standard InChI is InChI=1S/C12H17F2NO/c1-3-15(4-2)10-7-5-9(6-8-10)11(16)12(13)14/h5-8,11-12,16H,3-4H2,1-2H3. The number of aliphatic hydroxyl groups excluding tert-OH is 1. The first-order chi connectivity index (χ1) is 7.60. The maximum atomic E-state index is 12.2. The summed E-state index contributed by atoms with van der Waals surface area (Å²) in [6.45, 7) is 5.80. The van der Waals surface area contributed by atoms with Crippen molar-refractivity contribution >= 4 is 5.69 Å². The van der Waals surface area contributed by atoms with Crippen LogP contribution < -0.4 is 4.90 Å². The van der Waals surface area contributed by atoms with Crippen molar-refractivity contribution < 1.29 is 13.9 Å². The Kier molecular flexibility index (Phi) is 4.68. The normalized spacial score (nSPS) is 12.9. The molecule has 4 heteroatoms. The van der Waals surface area contributed by atoms with E-state index >= 15 is 0 Å². The van der Waals surface area contributed by atoms with Crippen LogP contribution in [-0.2, 0) is 0 Å². The molecule has 16 heavy (non-hydrogen) atoms. The number of benzene rings is 1. The lowest BCUT2D eigenvalue weighted by Gasteiger charge is -2.21. The highest BCUT2D eigenvalue weighted by molar-refractivity contribution is 5.47. The number of aliphatic hydroxyl groups is 1. The Morgan fingerprint density at radius 2 is 1.62 bits per heavy atom. The van der Waals surface area contributed by atoms with Crippen molar-refractivity contribution in [1.29, 1.82) is 0 Å². The molecule has 0 aliphatic rings. The van der Waals surface area contributed by atoms with Gasteiger partial charge >= 0.3 is 0 Å². The fraction of sp³-hybridized carbons (Fsp3) is 0.500. The van der Waals surface area contributed by atoms with Crippen LogP contribution in [-0.4, -0.2) is 24.6 Å². The summed E-state index contributed by atoms with van der Waals surface area (Å²) in [5.41, 5.74) is 1.24. The Labute approximate surface area is 94.5 Å². The van der Waals surface area contributed by atoms with Crippen molar-refractivity contribution in [2.24, 2.45) is 0 Å². The van der Waals surface area contributed by atoms with E-state index in [0.717, 1.165) is 18.8 Å². The van der Waals surface area contributed by atoms with Gasteiger partial charge in [-0.1, -0.05) is 12.1 Å². The van der Waals surface area contributed by atoms with Crippen molar-refractivity contribution in [3.05, 3.63) is 29.8 Å².